The van der Waals surface area contributed by atoms with Crippen molar-refractivity contribution in [1.82, 2.24) is 14.2 Å². The summed E-state index contributed by atoms with van der Waals surface area (Å²) in [6.07, 6.45) is 0. The lowest BCUT2D eigenvalue weighted by Gasteiger charge is -2.47. The van der Waals surface area contributed by atoms with Gasteiger partial charge in [0.15, 0.2) is 16.8 Å². The van der Waals surface area contributed by atoms with Crippen LogP contribution in [0.1, 0.15) is 27.7 Å². The highest BCUT2D eigenvalue weighted by molar-refractivity contribution is 6.89. The van der Waals surface area contributed by atoms with Gasteiger partial charge in [0.05, 0.1) is 0 Å². The fraction of sp³-hybridized carbons (Fsp3) is 1.00. The van der Waals surface area contributed by atoms with Crippen molar-refractivity contribution >= 4 is 16.8 Å². The molecule has 0 aliphatic heterocycles. The van der Waals surface area contributed by atoms with Gasteiger partial charge in [-0.1, -0.05) is 27.7 Å². The third-order valence-electron chi connectivity index (χ3n) is 3.97. The molecule has 5 heteroatoms. The van der Waals surface area contributed by atoms with E-state index in [9.17, 15) is 0 Å². The Bertz CT molecular complexity index is 184. The summed E-state index contributed by atoms with van der Waals surface area (Å²) in [5.41, 5.74) is 0. The van der Waals surface area contributed by atoms with Crippen LogP contribution in [0, 0.1) is 0 Å². The first kappa shape index (κ1) is 16.3. The Morgan fingerprint density at radius 3 is 1.31 bits per heavy atom. The Kier molecular flexibility index (Phi) is 7.04. The number of nitrogens with one attached hydrogen (secondary N) is 2. The SMILES string of the molecule is CCN[Si](C)(CC)N(C)[Si](C)(CC)NCC. The lowest BCUT2D eigenvalue weighted by atomic mass is 10.8. The van der Waals surface area contributed by atoms with E-state index in [4.69, 9.17) is 0 Å². The molecule has 0 spiro atoms. The largest absolute Gasteiger partial charge is 0.326 e. The summed E-state index contributed by atoms with van der Waals surface area (Å²) in [7, 11) is -0.546. The standard InChI is InChI=1S/C11H31N3Si2/c1-8-12-15(6,10-3)14(5)16(7,11-4)13-9-2/h12-13H,8-11H2,1-7H3. The Hall–Kier alpha value is 0.314. The van der Waals surface area contributed by atoms with Crippen LogP contribution in [0.3, 0.4) is 0 Å². The van der Waals surface area contributed by atoms with Crippen molar-refractivity contribution in [2.45, 2.75) is 52.9 Å². The Morgan fingerprint density at radius 1 is 0.812 bits per heavy atom. The molecule has 16 heavy (non-hydrogen) atoms. The first-order valence-corrected chi connectivity index (χ1v) is 11.9. The van der Waals surface area contributed by atoms with E-state index in [1.54, 1.807) is 0 Å². The molecule has 3 nitrogen and oxygen atoms in total. The van der Waals surface area contributed by atoms with Gasteiger partial charge in [0, 0.05) is 0 Å². The Balaban J connectivity index is 4.88. The molecule has 0 rings (SSSR count). The second kappa shape index (κ2) is 6.91. The van der Waals surface area contributed by atoms with Gasteiger partial charge >= 0.3 is 0 Å². The van der Waals surface area contributed by atoms with Gasteiger partial charge < -0.3 is 14.2 Å². The zero-order valence-corrected chi connectivity index (χ0v) is 14.3. The van der Waals surface area contributed by atoms with Crippen LogP contribution in [0.25, 0.3) is 0 Å². The van der Waals surface area contributed by atoms with E-state index >= 15 is 0 Å². The Morgan fingerprint density at radius 2 is 1.12 bits per heavy atom. The average molecular weight is 262 g/mol. The molecule has 0 fully saturated rings. The number of rotatable bonds is 8. The zero-order valence-electron chi connectivity index (χ0n) is 12.3. The van der Waals surface area contributed by atoms with Crippen LogP contribution in [0.5, 0.6) is 0 Å². The van der Waals surface area contributed by atoms with E-state index in [0.717, 1.165) is 13.1 Å². The molecule has 0 aromatic heterocycles. The number of hydrogen-bond acceptors (Lipinski definition) is 3. The molecule has 0 radical (unpaired) electrons. The highest BCUT2D eigenvalue weighted by Gasteiger charge is 2.41. The first-order chi connectivity index (χ1) is 7.40. The quantitative estimate of drug-likeness (QED) is 0.657. The van der Waals surface area contributed by atoms with Crippen molar-refractivity contribution in [3.63, 3.8) is 0 Å². The zero-order chi connectivity index (χ0) is 12.8. The second-order valence-electron chi connectivity index (χ2n) is 4.87. The molecule has 0 aromatic rings. The molecule has 0 aliphatic carbocycles. The molecule has 98 valence electrons. The predicted molar refractivity (Wildman–Crippen MR) is 79.3 cm³/mol. The van der Waals surface area contributed by atoms with Crippen molar-refractivity contribution < 1.29 is 0 Å². The van der Waals surface area contributed by atoms with Gasteiger partial charge in [-0.25, -0.2) is 0 Å². The van der Waals surface area contributed by atoms with Crippen LogP contribution < -0.4 is 9.96 Å². The van der Waals surface area contributed by atoms with Crippen LogP contribution in [0.2, 0.25) is 25.2 Å². The third kappa shape index (κ3) is 3.66. The third-order valence-corrected chi connectivity index (χ3v) is 14.9. The normalized spacial score (nSPS) is 19.5. The van der Waals surface area contributed by atoms with E-state index in [2.05, 4.69) is 62.0 Å². The molecule has 2 unspecified atom stereocenters. The number of hydrogen-bond donors (Lipinski definition) is 2. The maximum Gasteiger partial charge on any atom is 0.194 e. The van der Waals surface area contributed by atoms with E-state index in [1.807, 2.05) is 0 Å². The van der Waals surface area contributed by atoms with Crippen LogP contribution in [0.15, 0.2) is 0 Å². The van der Waals surface area contributed by atoms with Crippen molar-refractivity contribution in [1.29, 1.82) is 0 Å². The van der Waals surface area contributed by atoms with E-state index in [0.29, 0.717) is 0 Å². The maximum atomic E-state index is 3.77. The van der Waals surface area contributed by atoms with Gasteiger partial charge in [-0.05, 0) is 45.3 Å². The molecule has 0 amide bonds. The minimum atomic E-state index is -1.44. The predicted octanol–water partition coefficient (Wildman–Crippen LogP) is 2.32. The van der Waals surface area contributed by atoms with E-state index in [1.165, 1.54) is 12.1 Å². The van der Waals surface area contributed by atoms with Crippen LogP contribution in [0.4, 0.5) is 0 Å². The molecule has 0 saturated carbocycles. The van der Waals surface area contributed by atoms with Gasteiger partial charge in [-0.15, -0.1) is 0 Å². The second-order valence-corrected chi connectivity index (χ2v) is 13.9. The summed E-state index contributed by atoms with van der Waals surface area (Å²) in [4.78, 5) is 7.53. The van der Waals surface area contributed by atoms with Crippen molar-refractivity contribution in [3.05, 3.63) is 0 Å². The molecular weight excluding hydrogens is 230 g/mol. The van der Waals surface area contributed by atoms with E-state index < -0.39 is 16.8 Å². The summed E-state index contributed by atoms with van der Waals surface area (Å²) in [6, 6.07) is 2.54. The van der Waals surface area contributed by atoms with Gasteiger partial charge in [-0.2, -0.15) is 0 Å². The smallest absolute Gasteiger partial charge is 0.194 e. The Labute approximate surface area is 104 Å². The topological polar surface area (TPSA) is 27.3 Å². The van der Waals surface area contributed by atoms with Gasteiger partial charge in [0.2, 0.25) is 0 Å². The minimum absolute atomic E-state index is 1.08. The fourth-order valence-electron chi connectivity index (χ4n) is 2.27. The summed E-state index contributed by atoms with van der Waals surface area (Å²) < 4.78 is 2.72. The fourth-order valence-corrected chi connectivity index (χ4v) is 11.5. The highest BCUT2D eigenvalue weighted by atomic mass is 28.4. The average Bonchev–Trinajstić information content (AvgIpc) is 2.28. The van der Waals surface area contributed by atoms with Gasteiger partial charge in [-0.3, -0.25) is 0 Å². The lowest BCUT2D eigenvalue weighted by Crippen LogP contribution is -2.73. The molecule has 0 aliphatic rings. The van der Waals surface area contributed by atoms with Crippen molar-refractivity contribution in [2.75, 3.05) is 20.1 Å². The summed E-state index contributed by atoms with van der Waals surface area (Å²) >= 11 is 0. The molecular formula is C11H31N3Si2. The monoisotopic (exact) mass is 261 g/mol. The number of nitrogens with zero attached hydrogens (tertiary/aromatic N) is 1. The van der Waals surface area contributed by atoms with Crippen molar-refractivity contribution in [2.24, 2.45) is 0 Å². The maximum absolute atomic E-state index is 3.77. The van der Waals surface area contributed by atoms with Crippen molar-refractivity contribution in [3.8, 4) is 0 Å². The van der Waals surface area contributed by atoms with E-state index in [-0.39, 0.29) is 0 Å². The molecule has 0 heterocycles. The summed E-state index contributed by atoms with van der Waals surface area (Å²) in [5, 5.41) is 0. The summed E-state index contributed by atoms with van der Waals surface area (Å²) in [6.45, 7) is 16.1. The lowest BCUT2D eigenvalue weighted by molar-refractivity contribution is 0.653. The minimum Gasteiger partial charge on any atom is -0.326 e. The first-order valence-electron chi connectivity index (χ1n) is 6.64. The molecule has 2 atom stereocenters. The molecule has 0 saturated heterocycles. The summed E-state index contributed by atoms with van der Waals surface area (Å²) in [5.74, 6) is 0. The van der Waals surface area contributed by atoms with Gasteiger partial charge in [0.25, 0.3) is 0 Å². The van der Waals surface area contributed by atoms with Crippen LogP contribution in [-0.4, -0.2) is 41.2 Å². The molecule has 2 N–H and O–H groups in total. The van der Waals surface area contributed by atoms with Crippen LogP contribution >= 0.6 is 0 Å². The van der Waals surface area contributed by atoms with Gasteiger partial charge in [0.1, 0.15) is 0 Å². The highest BCUT2D eigenvalue weighted by Crippen LogP contribution is 2.19. The van der Waals surface area contributed by atoms with Crippen LogP contribution in [-0.2, 0) is 0 Å². The molecule has 0 aromatic carbocycles. The molecule has 0 bridgehead atoms.